The standard InChI is InChI=1S/C20H20F2N4O2/c1-25(2)18(13-4-3-5-14(21)8-13)10-23-19(27)11-26-12-24-17-7-6-15(22)9-16(17)20(26)28/h3-9,12,18H,10-11H2,1-2H3,(H,23,27). The Labute approximate surface area is 160 Å². The molecule has 0 fully saturated rings. The number of fused-ring (bicyclic) bond motifs is 1. The summed E-state index contributed by atoms with van der Waals surface area (Å²) in [6.07, 6.45) is 1.26. The molecule has 0 spiro atoms. The third kappa shape index (κ3) is 4.40. The number of halogens is 2. The molecule has 0 aliphatic heterocycles. The van der Waals surface area contributed by atoms with Crippen LogP contribution >= 0.6 is 0 Å². The minimum atomic E-state index is -0.544. The molecule has 1 N–H and O–H groups in total. The van der Waals surface area contributed by atoms with E-state index in [2.05, 4.69) is 10.3 Å². The Morgan fingerprint density at radius 1 is 1.18 bits per heavy atom. The van der Waals surface area contributed by atoms with Crippen LogP contribution in [-0.2, 0) is 11.3 Å². The average molecular weight is 386 g/mol. The Bertz CT molecular complexity index is 1070. The number of nitrogens with one attached hydrogen (secondary N) is 1. The lowest BCUT2D eigenvalue weighted by Gasteiger charge is -2.25. The predicted molar refractivity (Wildman–Crippen MR) is 102 cm³/mol. The van der Waals surface area contributed by atoms with Crippen molar-refractivity contribution in [1.29, 1.82) is 0 Å². The number of hydrogen-bond acceptors (Lipinski definition) is 4. The Hall–Kier alpha value is -3.13. The SMILES string of the molecule is CN(C)C(CNC(=O)Cn1cnc2ccc(F)cc2c1=O)c1cccc(F)c1. The highest BCUT2D eigenvalue weighted by Gasteiger charge is 2.16. The largest absolute Gasteiger partial charge is 0.353 e. The van der Waals surface area contributed by atoms with E-state index in [1.165, 1.54) is 30.6 Å². The van der Waals surface area contributed by atoms with Gasteiger partial charge in [0.1, 0.15) is 18.2 Å². The van der Waals surface area contributed by atoms with Crippen molar-refractivity contribution >= 4 is 16.8 Å². The van der Waals surface area contributed by atoms with E-state index in [1.807, 2.05) is 19.0 Å². The van der Waals surface area contributed by atoms with Crippen LogP contribution < -0.4 is 10.9 Å². The van der Waals surface area contributed by atoms with Gasteiger partial charge in [0, 0.05) is 6.54 Å². The van der Waals surface area contributed by atoms with Gasteiger partial charge in [-0.25, -0.2) is 13.8 Å². The van der Waals surface area contributed by atoms with Crippen LogP contribution in [0.5, 0.6) is 0 Å². The maximum absolute atomic E-state index is 13.5. The second-order valence-electron chi connectivity index (χ2n) is 6.68. The maximum Gasteiger partial charge on any atom is 0.261 e. The lowest BCUT2D eigenvalue weighted by molar-refractivity contribution is -0.121. The number of aromatic nitrogens is 2. The van der Waals surface area contributed by atoms with E-state index in [0.29, 0.717) is 5.52 Å². The minimum absolute atomic E-state index is 0.112. The molecule has 3 rings (SSSR count). The Morgan fingerprint density at radius 3 is 2.64 bits per heavy atom. The summed E-state index contributed by atoms with van der Waals surface area (Å²) in [5, 5.41) is 2.86. The first-order valence-electron chi connectivity index (χ1n) is 8.68. The molecule has 1 heterocycles. The fourth-order valence-corrected chi connectivity index (χ4v) is 2.98. The smallest absolute Gasteiger partial charge is 0.261 e. The van der Waals surface area contributed by atoms with E-state index in [4.69, 9.17) is 0 Å². The monoisotopic (exact) mass is 386 g/mol. The zero-order valence-corrected chi connectivity index (χ0v) is 15.5. The lowest BCUT2D eigenvalue weighted by Crippen LogP contribution is -2.38. The Balaban J connectivity index is 1.72. The van der Waals surface area contributed by atoms with Gasteiger partial charge in [-0.1, -0.05) is 12.1 Å². The van der Waals surface area contributed by atoms with Crippen molar-refractivity contribution in [3.63, 3.8) is 0 Å². The minimum Gasteiger partial charge on any atom is -0.353 e. The molecule has 146 valence electrons. The first-order valence-corrected chi connectivity index (χ1v) is 8.68. The topological polar surface area (TPSA) is 67.2 Å². The highest BCUT2D eigenvalue weighted by atomic mass is 19.1. The molecule has 0 bridgehead atoms. The number of hydrogen-bond donors (Lipinski definition) is 1. The van der Waals surface area contributed by atoms with Crippen molar-refractivity contribution < 1.29 is 13.6 Å². The molecule has 1 unspecified atom stereocenters. The molecule has 2 aromatic carbocycles. The van der Waals surface area contributed by atoms with Gasteiger partial charge in [-0.2, -0.15) is 0 Å². The Kier molecular flexibility index (Phi) is 5.79. The molecular formula is C20H20F2N4O2. The number of nitrogens with zero attached hydrogens (tertiary/aromatic N) is 3. The lowest BCUT2D eigenvalue weighted by atomic mass is 10.1. The first kappa shape index (κ1) is 19.6. The second kappa shape index (κ2) is 8.26. The molecule has 1 atom stereocenters. The van der Waals surface area contributed by atoms with Gasteiger partial charge in [0.25, 0.3) is 5.56 Å². The molecule has 0 radical (unpaired) electrons. The van der Waals surface area contributed by atoms with E-state index in [9.17, 15) is 18.4 Å². The molecular weight excluding hydrogens is 366 g/mol. The molecule has 0 saturated heterocycles. The van der Waals surface area contributed by atoms with Crippen molar-refractivity contribution in [3.05, 3.63) is 76.3 Å². The van der Waals surface area contributed by atoms with E-state index in [0.717, 1.165) is 16.2 Å². The van der Waals surface area contributed by atoms with Gasteiger partial charge in [0.15, 0.2) is 0 Å². The predicted octanol–water partition coefficient (Wildman–Crippen LogP) is 2.09. The fraction of sp³-hybridized carbons (Fsp3) is 0.250. The molecule has 8 heteroatoms. The number of likely N-dealkylation sites (N-methyl/N-ethyl adjacent to an activating group) is 1. The highest BCUT2D eigenvalue weighted by molar-refractivity contribution is 5.79. The van der Waals surface area contributed by atoms with Crippen molar-refractivity contribution in [2.45, 2.75) is 12.6 Å². The summed E-state index contributed by atoms with van der Waals surface area (Å²) >= 11 is 0. The van der Waals surface area contributed by atoms with Crippen LogP contribution in [0.15, 0.2) is 53.6 Å². The quantitative estimate of drug-likeness (QED) is 0.705. The normalized spacial score (nSPS) is 12.3. The summed E-state index contributed by atoms with van der Waals surface area (Å²) in [6, 6.07) is 9.68. The van der Waals surface area contributed by atoms with Gasteiger partial charge in [-0.15, -0.1) is 0 Å². The molecule has 28 heavy (non-hydrogen) atoms. The van der Waals surface area contributed by atoms with Gasteiger partial charge >= 0.3 is 0 Å². The average Bonchev–Trinajstić information content (AvgIpc) is 2.64. The van der Waals surface area contributed by atoms with Crippen LogP contribution in [-0.4, -0.2) is 41.0 Å². The van der Waals surface area contributed by atoms with Crippen molar-refractivity contribution in [2.75, 3.05) is 20.6 Å². The zero-order valence-electron chi connectivity index (χ0n) is 15.5. The van der Waals surface area contributed by atoms with Gasteiger partial charge in [-0.05, 0) is 50.0 Å². The second-order valence-corrected chi connectivity index (χ2v) is 6.68. The van der Waals surface area contributed by atoms with Crippen LogP contribution in [0.2, 0.25) is 0 Å². The summed E-state index contributed by atoms with van der Waals surface area (Å²) < 4.78 is 28.0. The Morgan fingerprint density at radius 2 is 1.93 bits per heavy atom. The fourth-order valence-electron chi connectivity index (χ4n) is 2.98. The molecule has 0 saturated carbocycles. The van der Waals surface area contributed by atoms with E-state index >= 15 is 0 Å². The molecule has 3 aromatic rings. The molecule has 1 aromatic heterocycles. The summed E-state index contributed by atoms with van der Waals surface area (Å²) in [7, 11) is 3.65. The summed E-state index contributed by atoms with van der Waals surface area (Å²) in [6.45, 7) is -0.0126. The van der Waals surface area contributed by atoms with Crippen molar-refractivity contribution in [1.82, 2.24) is 19.8 Å². The number of rotatable bonds is 6. The van der Waals surface area contributed by atoms with E-state index < -0.39 is 17.3 Å². The third-order valence-corrected chi connectivity index (χ3v) is 4.45. The summed E-state index contributed by atoms with van der Waals surface area (Å²) in [4.78, 5) is 30.7. The van der Waals surface area contributed by atoms with Crippen LogP contribution in [0, 0.1) is 11.6 Å². The number of carbonyl (C=O) groups excluding carboxylic acids is 1. The zero-order chi connectivity index (χ0) is 20.3. The van der Waals surface area contributed by atoms with Gasteiger partial charge < -0.3 is 10.2 Å². The number of amides is 1. The summed E-state index contributed by atoms with van der Waals surface area (Å²) in [5.41, 5.74) is 0.598. The van der Waals surface area contributed by atoms with Gasteiger partial charge in [0.2, 0.25) is 5.91 Å². The van der Waals surface area contributed by atoms with Crippen LogP contribution in [0.4, 0.5) is 8.78 Å². The van der Waals surface area contributed by atoms with Crippen LogP contribution in [0.25, 0.3) is 10.9 Å². The molecule has 0 aliphatic carbocycles. The third-order valence-electron chi connectivity index (χ3n) is 4.45. The number of benzene rings is 2. The van der Waals surface area contributed by atoms with Crippen LogP contribution in [0.1, 0.15) is 11.6 Å². The van der Waals surface area contributed by atoms with E-state index in [-0.39, 0.29) is 30.3 Å². The van der Waals surface area contributed by atoms with Crippen molar-refractivity contribution in [2.24, 2.45) is 0 Å². The van der Waals surface area contributed by atoms with Crippen LogP contribution in [0.3, 0.4) is 0 Å². The van der Waals surface area contributed by atoms with E-state index in [1.54, 1.807) is 12.1 Å². The maximum atomic E-state index is 13.5. The molecule has 0 aliphatic rings. The van der Waals surface area contributed by atoms with Crippen molar-refractivity contribution in [3.8, 4) is 0 Å². The molecule has 1 amide bonds. The first-order chi connectivity index (χ1) is 13.3. The van der Waals surface area contributed by atoms with Gasteiger partial charge in [-0.3, -0.25) is 14.2 Å². The molecule has 6 nitrogen and oxygen atoms in total. The highest BCUT2D eigenvalue weighted by Crippen LogP contribution is 2.18. The number of carbonyl (C=O) groups is 1. The van der Waals surface area contributed by atoms with Gasteiger partial charge in [0.05, 0.1) is 23.3 Å². The summed E-state index contributed by atoms with van der Waals surface area (Å²) in [5.74, 6) is -1.29.